The summed E-state index contributed by atoms with van der Waals surface area (Å²) in [6.07, 6.45) is 0. The maximum atomic E-state index is 12.9. The number of methoxy groups -OCH3 is 1. The van der Waals surface area contributed by atoms with Crippen molar-refractivity contribution in [3.63, 3.8) is 0 Å². The third-order valence-electron chi connectivity index (χ3n) is 4.26. The van der Waals surface area contributed by atoms with Gasteiger partial charge in [0.1, 0.15) is 20.5 Å². The Kier molecular flexibility index (Phi) is 6.39. The zero-order chi connectivity index (χ0) is 22.9. The summed E-state index contributed by atoms with van der Waals surface area (Å²) in [7, 11) is -2.97. The zero-order valence-corrected chi connectivity index (χ0v) is 19.3. The number of esters is 1. The first-order valence-corrected chi connectivity index (χ1v) is 11.5. The first-order valence-electron chi connectivity index (χ1n) is 8.78. The second kappa shape index (κ2) is 8.69. The summed E-state index contributed by atoms with van der Waals surface area (Å²) >= 11 is 6.90. The van der Waals surface area contributed by atoms with Crippen LogP contribution in [0.1, 0.15) is 36.9 Å². The van der Waals surface area contributed by atoms with Crippen LogP contribution in [0.5, 0.6) is 0 Å². The summed E-state index contributed by atoms with van der Waals surface area (Å²) in [6, 6.07) is 4.66. The van der Waals surface area contributed by atoms with Crippen LogP contribution in [0.2, 0.25) is 5.02 Å². The Morgan fingerprint density at radius 3 is 2.55 bits per heavy atom. The number of nitrogens with one attached hydrogen (secondary N) is 2. The summed E-state index contributed by atoms with van der Waals surface area (Å²) in [5.41, 5.74) is 2.12. The van der Waals surface area contributed by atoms with E-state index in [0.717, 1.165) is 16.9 Å². The lowest BCUT2D eigenvalue weighted by atomic mass is 10.0. The normalized spacial score (nSPS) is 11.3. The highest BCUT2D eigenvalue weighted by molar-refractivity contribution is 7.93. The molecule has 0 saturated heterocycles. The number of nitrogens with zero attached hydrogens (tertiary/aromatic N) is 1. The molecule has 12 heteroatoms. The summed E-state index contributed by atoms with van der Waals surface area (Å²) in [4.78, 5) is 24.8. The van der Waals surface area contributed by atoms with Gasteiger partial charge in [0.15, 0.2) is 0 Å². The van der Waals surface area contributed by atoms with E-state index >= 15 is 0 Å². The Hall–Kier alpha value is -2.89. The molecule has 31 heavy (non-hydrogen) atoms. The van der Waals surface area contributed by atoms with Gasteiger partial charge >= 0.3 is 5.97 Å². The molecule has 0 atom stereocenters. The molecule has 2 heterocycles. The van der Waals surface area contributed by atoms with Crippen molar-refractivity contribution in [3.8, 4) is 0 Å². The van der Waals surface area contributed by atoms with E-state index in [1.54, 1.807) is 32.9 Å². The van der Waals surface area contributed by atoms with Gasteiger partial charge in [-0.3, -0.25) is 4.79 Å². The quantitative estimate of drug-likeness (QED) is 0.504. The summed E-state index contributed by atoms with van der Waals surface area (Å²) in [6.45, 7) is 5.07. The number of rotatable bonds is 6. The van der Waals surface area contributed by atoms with Gasteiger partial charge in [0, 0.05) is 0 Å². The largest absolute Gasteiger partial charge is 0.465 e. The lowest BCUT2D eigenvalue weighted by molar-refractivity contribution is 0.0601. The van der Waals surface area contributed by atoms with E-state index in [1.165, 1.54) is 18.6 Å². The Labute approximate surface area is 187 Å². The standard InChI is InChI=1S/C19H18ClN3O6S2/c1-9-7-10(2)14(19(25)28-4)12(8-9)21-17(24)16-13(5-6-30-16)31(26,27)23-18-15(20)11(3)22-29-18/h5-8,23H,1-4H3,(H,21,24). The molecule has 2 N–H and O–H groups in total. The molecule has 0 bridgehead atoms. The molecule has 2 aromatic heterocycles. The number of sulfonamides is 1. The molecule has 0 aliphatic rings. The number of carbonyl (C=O) groups excluding carboxylic acids is 2. The van der Waals surface area contributed by atoms with E-state index in [1.807, 2.05) is 0 Å². The molecule has 0 fully saturated rings. The van der Waals surface area contributed by atoms with E-state index in [2.05, 4.69) is 15.2 Å². The molecule has 0 aliphatic heterocycles. The van der Waals surface area contributed by atoms with E-state index in [4.69, 9.17) is 20.9 Å². The molecule has 3 aromatic rings. The van der Waals surface area contributed by atoms with Crippen molar-refractivity contribution in [3.05, 3.63) is 55.9 Å². The Morgan fingerprint density at radius 2 is 1.94 bits per heavy atom. The van der Waals surface area contributed by atoms with Crippen molar-refractivity contribution in [2.45, 2.75) is 25.7 Å². The number of amides is 1. The van der Waals surface area contributed by atoms with Crippen LogP contribution in [0.4, 0.5) is 11.6 Å². The van der Waals surface area contributed by atoms with Crippen molar-refractivity contribution >= 4 is 56.4 Å². The van der Waals surface area contributed by atoms with Crippen molar-refractivity contribution in [2.75, 3.05) is 17.1 Å². The van der Waals surface area contributed by atoms with E-state index < -0.39 is 21.9 Å². The number of aromatic nitrogens is 1. The number of benzene rings is 1. The number of thiophene rings is 1. The molecule has 0 unspecified atom stereocenters. The third kappa shape index (κ3) is 4.58. The number of carbonyl (C=O) groups is 2. The van der Waals surface area contributed by atoms with Crippen molar-refractivity contribution in [1.82, 2.24) is 5.16 Å². The van der Waals surface area contributed by atoms with Crippen LogP contribution in [0.3, 0.4) is 0 Å². The van der Waals surface area contributed by atoms with Crippen LogP contribution < -0.4 is 10.0 Å². The maximum Gasteiger partial charge on any atom is 0.340 e. The van der Waals surface area contributed by atoms with Gasteiger partial charge in [0.2, 0.25) is 0 Å². The molecule has 0 spiro atoms. The highest BCUT2D eigenvalue weighted by atomic mass is 35.5. The van der Waals surface area contributed by atoms with Crippen LogP contribution in [-0.2, 0) is 14.8 Å². The highest BCUT2D eigenvalue weighted by Gasteiger charge is 2.28. The molecular weight excluding hydrogens is 466 g/mol. The van der Waals surface area contributed by atoms with Crippen molar-refractivity contribution in [1.29, 1.82) is 0 Å². The fourth-order valence-electron chi connectivity index (χ4n) is 2.89. The van der Waals surface area contributed by atoms with Crippen LogP contribution in [0.25, 0.3) is 0 Å². The smallest absolute Gasteiger partial charge is 0.340 e. The first kappa shape index (κ1) is 22.8. The summed E-state index contributed by atoms with van der Waals surface area (Å²) in [5.74, 6) is -1.58. The number of halogens is 1. The molecule has 0 saturated carbocycles. The van der Waals surface area contributed by atoms with Crippen LogP contribution in [0, 0.1) is 20.8 Å². The number of anilines is 2. The highest BCUT2D eigenvalue weighted by Crippen LogP contribution is 2.31. The van der Waals surface area contributed by atoms with Gasteiger partial charge in [-0.05, 0) is 49.4 Å². The Bertz CT molecular complexity index is 1280. The van der Waals surface area contributed by atoms with Gasteiger partial charge in [0.05, 0.1) is 18.4 Å². The number of aryl methyl sites for hydroxylation is 3. The van der Waals surface area contributed by atoms with E-state index in [-0.39, 0.29) is 31.9 Å². The molecule has 1 aromatic carbocycles. The maximum absolute atomic E-state index is 12.9. The third-order valence-corrected chi connectivity index (χ3v) is 7.12. The molecule has 0 radical (unpaired) electrons. The molecular formula is C19H18ClN3O6S2. The Morgan fingerprint density at radius 1 is 1.23 bits per heavy atom. The number of hydrogen-bond acceptors (Lipinski definition) is 8. The minimum atomic E-state index is -4.20. The van der Waals surface area contributed by atoms with Gasteiger partial charge in [-0.15, -0.1) is 11.3 Å². The lowest BCUT2D eigenvalue weighted by Crippen LogP contribution is -2.20. The average molecular weight is 484 g/mol. The van der Waals surface area contributed by atoms with E-state index in [0.29, 0.717) is 11.3 Å². The van der Waals surface area contributed by atoms with Crippen LogP contribution in [0.15, 0.2) is 33.0 Å². The van der Waals surface area contributed by atoms with E-state index in [9.17, 15) is 18.0 Å². The van der Waals surface area contributed by atoms with Crippen LogP contribution in [-0.4, -0.2) is 32.6 Å². The predicted octanol–water partition coefficient (Wildman–Crippen LogP) is 4.15. The fraction of sp³-hybridized carbons (Fsp3) is 0.211. The molecule has 9 nitrogen and oxygen atoms in total. The number of hydrogen-bond donors (Lipinski definition) is 2. The topological polar surface area (TPSA) is 128 Å². The zero-order valence-electron chi connectivity index (χ0n) is 16.9. The van der Waals surface area contributed by atoms with Gasteiger partial charge in [-0.2, -0.15) is 0 Å². The van der Waals surface area contributed by atoms with Crippen molar-refractivity contribution in [2.24, 2.45) is 0 Å². The second-order valence-corrected chi connectivity index (χ2v) is 9.53. The predicted molar refractivity (Wildman–Crippen MR) is 117 cm³/mol. The molecule has 164 valence electrons. The van der Waals surface area contributed by atoms with Gasteiger partial charge in [-0.25, -0.2) is 17.9 Å². The summed E-state index contributed by atoms with van der Waals surface area (Å²) < 4.78 is 37.5. The number of ether oxygens (including phenoxy) is 1. The minimum absolute atomic E-state index is 0.0164. The molecule has 0 aliphatic carbocycles. The summed E-state index contributed by atoms with van der Waals surface area (Å²) in [5, 5.41) is 7.68. The van der Waals surface area contributed by atoms with Gasteiger partial charge in [-0.1, -0.05) is 22.8 Å². The fourth-order valence-corrected chi connectivity index (χ4v) is 5.38. The SMILES string of the molecule is COC(=O)c1c(C)cc(C)cc1NC(=O)c1sccc1S(=O)(=O)Nc1onc(C)c1Cl. The molecule has 1 amide bonds. The van der Waals surface area contributed by atoms with Gasteiger partial charge in [0.25, 0.3) is 21.8 Å². The lowest BCUT2D eigenvalue weighted by Gasteiger charge is -2.14. The molecule has 3 rings (SSSR count). The second-order valence-electron chi connectivity index (χ2n) is 6.58. The van der Waals surface area contributed by atoms with Gasteiger partial charge < -0.3 is 14.6 Å². The average Bonchev–Trinajstić information content (AvgIpc) is 3.30. The monoisotopic (exact) mass is 483 g/mol. The van der Waals surface area contributed by atoms with Crippen molar-refractivity contribution < 1.29 is 27.3 Å². The first-order chi connectivity index (χ1) is 14.5. The van der Waals surface area contributed by atoms with Crippen LogP contribution >= 0.6 is 22.9 Å². The minimum Gasteiger partial charge on any atom is -0.465 e. The Balaban J connectivity index is 1.95.